The average Bonchev–Trinajstić information content (AvgIpc) is 2.67. The number of aromatic hydroxyl groups is 1. The molecule has 106 valence electrons. The van der Waals surface area contributed by atoms with Crippen LogP contribution in [-0.4, -0.2) is 28.3 Å². The van der Waals surface area contributed by atoms with Crippen LogP contribution in [0.2, 0.25) is 0 Å². The quantitative estimate of drug-likeness (QED) is 0.499. The summed E-state index contributed by atoms with van der Waals surface area (Å²) in [4.78, 5) is 10.9. The number of benzene rings is 1. The number of aryl methyl sites for hydroxylation is 1. The fourth-order valence-corrected chi connectivity index (χ4v) is 1.91. The summed E-state index contributed by atoms with van der Waals surface area (Å²) in [6, 6.07) is 2.99. The maximum Gasteiger partial charge on any atom is 0.294 e. The maximum absolute atomic E-state index is 11.3. The highest BCUT2D eigenvalue weighted by molar-refractivity contribution is 7.85. The van der Waals surface area contributed by atoms with E-state index in [1.807, 2.05) is 0 Å². The number of azo groups is 1. The molecule has 1 aromatic carbocycles. The summed E-state index contributed by atoms with van der Waals surface area (Å²) in [5.74, 6) is -0.342. The van der Waals surface area contributed by atoms with E-state index in [0.29, 0.717) is 5.69 Å². The zero-order valence-corrected chi connectivity index (χ0v) is 11.0. The van der Waals surface area contributed by atoms with Gasteiger partial charge in [0.2, 0.25) is 0 Å². The molecule has 0 fully saturated rings. The van der Waals surface area contributed by atoms with E-state index < -0.39 is 20.6 Å². The molecule has 10 heteroatoms. The van der Waals surface area contributed by atoms with Gasteiger partial charge in [-0.3, -0.25) is 14.4 Å². The van der Waals surface area contributed by atoms with Crippen molar-refractivity contribution < 1.29 is 18.1 Å². The van der Waals surface area contributed by atoms with Gasteiger partial charge in [-0.05, 0) is 25.1 Å². The molecule has 2 aromatic rings. The molecule has 1 aromatic heterocycles. The van der Waals surface area contributed by atoms with Crippen molar-refractivity contribution in [3.63, 3.8) is 0 Å². The highest BCUT2D eigenvalue weighted by atomic mass is 32.2. The van der Waals surface area contributed by atoms with Crippen LogP contribution in [0, 0.1) is 6.92 Å². The first-order valence-corrected chi connectivity index (χ1v) is 6.72. The van der Waals surface area contributed by atoms with Gasteiger partial charge in [0.05, 0.1) is 10.6 Å². The Labute approximate surface area is 112 Å². The second kappa shape index (κ2) is 4.90. The molecule has 0 atom stereocenters. The van der Waals surface area contributed by atoms with Crippen LogP contribution >= 0.6 is 0 Å². The highest BCUT2D eigenvalue weighted by Crippen LogP contribution is 2.30. The van der Waals surface area contributed by atoms with Crippen LogP contribution in [0.1, 0.15) is 5.69 Å². The van der Waals surface area contributed by atoms with Crippen LogP contribution in [0.3, 0.4) is 0 Å². The molecule has 0 aliphatic rings. The van der Waals surface area contributed by atoms with Crippen LogP contribution in [0.5, 0.6) is 5.75 Å². The Morgan fingerprint density at radius 2 is 1.90 bits per heavy atom. The van der Waals surface area contributed by atoms with Crippen molar-refractivity contribution in [1.29, 1.82) is 0 Å². The fourth-order valence-electron chi connectivity index (χ4n) is 1.41. The van der Waals surface area contributed by atoms with E-state index in [-0.39, 0.29) is 17.1 Å². The minimum Gasteiger partial charge on any atom is -0.506 e. The standard InChI is InChI=1S/C10H10N4O5S/c1-5-9(10(16)14-11-5)13-12-7-4-6(20(17,18)19)2-3-8(7)15/h2-4,15H,1H3,(H2,11,14,16)(H,17,18,19). The van der Waals surface area contributed by atoms with Gasteiger partial charge < -0.3 is 10.2 Å². The Morgan fingerprint density at radius 3 is 2.45 bits per heavy atom. The van der Waals surface area contributed by atoms with Crippen molar-refractivity contribution in [2.75, 3.05) is 0 Å². The number of aromatic nitrogens is 2. The zero-order valence-electron chi connectivity index (χ0n) is 10.2. The van der Waals surface area contributed by atoms with Crippen LogP contribution < -0.4 is 5.56 Å². The van der Waals surface area contributed by atoms with E-state index in [2.05, 4.69) is 20.4 Å². The molecule has 1 heterocycles. The molecule has 0 aliphatic carbocycles. The van der Waals surface area contributed by atoms with E-state index in [1.54, 1.807) is 6.92 Å². The summed E-state index contributed by atoms with van der Waals surface area (Å²) in [6.07, 6.45) is 0. The molecule has 0 saturated carbocycles. The largest absolute Gasteiger partial charge is 0.506 e. The number of H-pyrrole nitrogens is 2. The Bertz CT molecular complexity index is 834. The number of rotatable bonds is 3. The third kappa shape index (κ3) is 2.75. The Hall–Kier alpha value is -2.46. The lowest BCUT2D eigenvalue weighted by molar-refractivity contribution is 0.473. The highest BCUT2D eigenvalue weighted by Gasteiger charge is 2.13. The Kier molecular flexibility index (Phi) is 3.42. The number of phenolic OH excluding ortho intramolecular Hbond substituents is 1. The minimum atomic E-state index is -4.42. The van der Waals surface area contributed by atoms with Gasteiger partial charge in [-0.25, -0.2) is 0 Å². The number of phenols is 1. The Balaban J connectivity index is 2.46. The monoisotopic (exact) mass is 298 g/mol. The van der Waals surface area contributed by atoms with E-state index in [4.69, 9.17) is 4.55 Å². The van der Waals surface area contributed by atoms with Gasteiger partial charge >= 0.3 is 0 Å². The molecule has 20 heavy (non-hydrogen) atoms. The first kappa shape index (κ1) is 14.0. The second-order valence-electron chi connectivity index (χ2n) is 3.88. The summed E-state index contributed by atoms with van der Waals surface area (Å²) in [5.41, 5.74) is -0.261. The molecule has 0 aliphatic heterocycles. The summed E-state index contributed by atoms with van der Waals surface area (Å²) < 4.78 is 30.9. The minimum absolute atomic E-state index is 0.00154. The smallest absolute Gasteiger partial charge is 0.294 e. The number of hydrogen-bond donors (Lipinski definition) is 4. The second-order valence-corrected chi connectivity index (χ2v) is 5.30. The van der Waals surface area contributed by atoms with Gasteiger partial charge in [0.1, 0.15) is 11.4 Å². The molecule has 2 rings (SSSR count). The predicted octanol–water partition coefficient (Wildman–Crippen LogP) is 1.38. The van der Waals surface area contributed by atoms with Crippen molar-refractivity contribution in [2.24, 2.45) is 10.2 Å². The fraction of sp³-hybridized carbons (Fsp3) is 0.100. The number of nitrogens with one attached hydrogen (secondary N) is 2. The lowest BCUT2D eigenvalue weighted by atomic mass is 10.3. The van der Waals surface area contributed by atoms with Crippen molar-refractivity contribution in [2.45, 2.75) is 11.8 Å². The van der Waals surface area contributed by atoms with Crippen molar-refractivity contribution in [3.05, 3.63) is 34.2 Å². The molecule has 0 radical (unpaired) electrons. The lowest BCUT2D eigenvalue weighted by Crippen LogP contribution is -1.97. The van der Waals surface area contributed by atoms with E-state index in [1.165, 1.54) is 0 Å². The molecule has 0 bridgehead atoms. The topological polar surface area (TPSA) is 148 Å². The maximum atomic E-state index is 11.3. The molecule has 0 saturated heterocycles. The molecule has 0 spiro atoms. The van der Waals surface area contributed by atoms with Gasteiger partial charge in [0.15, 0.2) is 5.69 Å². The molecule has 0 amide bonds. The van der Waals surface area contributed by atoms with Gasteiger partial charge in [-0.1, -0.05) is 0 Å². The lowest BCUT2D eigenvalue weighted by Gasteiger charge is -2.00. The van der Waals surface area contributed by atoms with Gasteiger partial charge in [-0.15, -0.1) is 10.2 Å². The molecular weight excluding hydrogens is 288 g/mol. The van der Waals surface area contributed by atoms with Crippen LogP contribution in [-0.2, 0) is 10.1 Å². The molecule has 0 unspecified atom stereocenters. The van der Waals surface area contributed by atoms with Crippen LogP contribution in [0.15, 0.2) is 38.1 Å². The van der Waals surface area contributed by atoms with E-state index in [9.17, 15) is 18.3 Å². The molecule has 4 N–H and O–H groups in total. The Morgan fingerprint density at radius 1 is 1.20 bits per heavy atom. The van der Waals surface area contributed by atoms with Crippen LogP contribution in [0.4, 0.5) is 11.4 Å². The number of nitrogens with zero attached hydrogens (tertiary/aromatic N) is 2. The molecular formula is C10H10N4O5S. The van der Waals surface area contributed by atoms with Crippen LogP contribution in [0.25, 0.3) is 0 Å². The summed E-state index contributed by atoms with van der Waals surface area (Å²) >= 11 is 0. The van der Waals surface area contributed by atoms with E-state index in [0.717, 1.165) is 18.2 Å². The van der Waals surface area contributed by atoms with Crippen molar-refractivity contribution in [3.8, 4) is 5.75 Å². The first-order valence-electron chi connectivity index (χ1n) is 5.28. The van der Waals surface area contributed by atoms with Gasteiger partial charge in [0.25, 0.3) is 15.7 Å². The van der Waals surface area contributed by atoms with Gasteiger partial charge in [-0.2, -0.15) is 8.42 Å². The number of aromatic amines is 2. The third-order valence-corrected chi connectivity index (χ3v) is 3.29. The summed E-state index contributed by atoms with van der Waals surface area (Å²) in [6.45, 7) is 1.58. The van der Waals surface area contributed by atoms with E-state index >= 15 is 0 Å². The predicted molar refractivity (Wildman–Crippen MR) is 68.2 cm³/mol. The average molecular weight is 298 g/mol. The summed E-state index contributed by atoms with van der Waals surface area (Å²) in [5, 5.41) is 21.6. The van der Waals surface area contributed by atoms with Gasteiger partial charge in [0, 0.05) is 0 Å². The summed E-state index contributed by atoms with van der Waals surface area (Å²) in [7, 11) is -4.42. The third-order valence-electron chi connectivity index (χ3n) is 2.44. The normalized spacial score (nSPS) is 12.1. The van der Waals surface area contributed by atoms with Crippen molar-refractivity contribution in [1.82, 2.24) is 10.2 Å². The zero-order chi connectivity index (χ0) is 14.9. The SMILES string of the molecule is Cc1[nH][nH]c(=O)c1N=Nc1cc(S(=O)(=O)O)ccc1O. The molecule has 9 nitrogen and oxygen atoms in total. The number of hydrogen-bond acceptors (Lipinski definition) is 6. The first-order chi connectivity index (χ1) is 9.29. The van der Waals surface area contributed by atoms with Crippen molar-refractivity contribution >= 4 is 21.5 Å².